The number of benzene rings is 1. The van der Waals surface area contributed by atoms with Crippen molar-refractivity contribution in [1.29, 1.82) is 5.26 Å². The van der Waals surface area contributed by atoms with Gasteiger partial charge in [0, 0.05) is 49.3 Å². The highest BCUT2D eigenvalue weighted by Crippen LogP contribution is 2.44. The summed E-state index contributed by atoms with van der Waals surface area (Å²) < 4.78 is 15.1. The summed E-state index contributed by atoms with van der Waals surface area (Å²) >= 11 is 1.60. The third-order valence-electron chi connectivity index (χ3n) is 7.66. The summed E-state index contributed by atoms with van der Waals surface area (Å²) in [5.74, 6) is 0.214. The summed E-state index contributed by atoms with van der Waals surface area (Å²) in [6.45, 7) is 5.58. The van der Waals surface area contributed by atoms with Crippen LogP contribution >= 0.6 is 11.3 Å². The molecule has 0 aliphatic carbocycles. The zero-order chi connectivity index (χ0) is 25.0. The molecule has 0 radical (unpaired) electrons. The van der Waals surface area contributed by atoms with Crippen molar-refractivity contribution in [1.82, 2.24) is 14.9 Å². The van der Waals surface area contributed by atoms with Crippen LogP contribution < -0.4 is 9.80 Å². The largest absolute Gasteiger partial charge is 0.465 e. The van der Waals surface area contributed by atoms with Crippen LogP contribution in [0.3, 0.4) is 0 Å². The Morgan fingerprint density at radius 1 is 1.22 bits per heavy atom. The molecule has 1 amide bonds. The van der Waals surface area contributed by atoms with Gasteiger partial charge in [-0.15, -0.1) is 11.3 Å². The van der Waals surface area contributed by atoms with E-state index in [9.17, 15) is 15.2 Å². The lowest BCUT2D eigenvalue weighted by molar-refractivity contribution is 0.0251. The Morgan fingerprint density at radius 2 is 2.03 bits per heavy atom. The van der Waals surface area contributed by atoms with Gasteiger partial charge in [-0.3, -0.25) is 0 Å². The first-order chi connectivity index (χ1) is 17.4. The van der Waals surface area contributed by atoms with Gasteiger partial charge in [-0.2, -0.15) is 5.26 Å². The number of thiazole rings is 1. The zero-order valence-corrected chi connectivity index (χ0v) is 20.7. The number of hydrogen-bond acceptors (Lipinski definition) is 7. The van der Waals surface area contributed by atoms with Gasteiger partial charge >= 0.3 is 6.09 Å². The Hall–Kier alpha value is -3.71. The lowest BCUT2D eigenvalue weighted by atomic mass is 9.79. The molecule has 184 valence electrons. The molecule has 3 aliphatic heterocycles. The maximum Gasteiger partial charge on any atom is 0.407 e. The molecule has 3 aromatic rings. The molecule has 1 spiro atoms. The average Bonchev–Trinajstić information content (AvgIpc) is 3.49. The Kier molecular flexibility index (Phi) is 5.34. The van der Waals surface area contributed by atoms with Gasteiger partial charge in [0.1, 0.15) is 28.3 Å². The summed E-state index contributed by atoms with van der Waals surface area (Å²) in [5.41, 5.74) is 5.92. The lowest BCUT2D eigenvalue weighted by Crippen LogP contribution is -2.59. The van der Waals surface area contributed by atoms with Gasteiger partial charge in [0.05, 0.1) is 23.4 Å². The monoisotopic (exact) mass is 504 g/mol. The molecule has 0 unspecified atom stereocenters. The van der Waals surface area contributed by atoms with Crippen LogP contribution in [0.2, 0.25) is 0 Å². The number of anilines is 2. The van der Waals surface area contributed by atoms with Crippen LogP contribution in [0.15, 0.2) is 29.8 Å². The van der Waals surface area contributed by atoms with Gasteiger partial charge in [0.15, 0.2) is 0 Å². The third kappa shape index (κ3) is 3.57. The average molecular weight is 505 g/mol. The second-order valence-corrected chi connectivity index (χ2v) is 10.8. The van der Waals surface area contributed by atoms with Crippen LogP contribution in [-0.2, 0) is 13.0 Å². The smallest absolute Gasteiger partial charge is 0.407 e. The van der Waals surface area contributed by atoms with Crippen LogP contribution in [0.1, 0.15) is 28.9 Å². The highest BCUT2D eigenvalue weighted by atomic mass is 32.1. The number of carbonyl (C=O) groups is 1. The van der Waals surface area contributed by atoms with E-state index < -0.39 is 6.09 Å². The number of amides is 1. The van der Waals surface area contributed by atoms with Crippen molar-refractivity contribution in [2.75, 3.05) is 42.5 Å². The lowest BCUT2D eigenvalue weighted by Gasteiger charge is -2.46. The van der Waals surface area contributed by atoms with Crippen LogP contribution in [0, 0.1) is 29.5 Å². The highest BCUT2D eigenvalue weighted by Gasteiger charge is 2.50. The quantitative estimate of drug-likeness (QED) is 0.569. The number of fused-ring (bicyclic) bond motifs is 1. The number of nitrogens with zero attached hydrogens (tertiary/aromatic N) is 6. The molecule has 2 fully saturated rings. The van der Waals surface area contributed by atoms with E-state index >= 15 is 4.39 Å². The van der Waals surface area contributed by atoms with Crippen LogP contribution in [0.5, 0.6) is 0 Å². The standard InChI is InChI=1S/C26H25FN6O2S/c1-16-24(36-15-29-16)31-8-6-18-21(11-31)30-23(19(10-28)22(18)17-4-2-3-5-20(17)27)32-9-7-26(12-32)13-33(14-26)25(34)35/h2-5,15H,6-9,11-14H2,1H3,(H,34,35). The molecular formula is C26H25FN6O2S. The molecular weight excluding hydrogens is 479 g/mol. The fourth-order valence-electron chi connectivity index (χ4n) is 5.91. The molecule has 1 aromatic carbocycles. The van der Waals surface area contributed by atoms with E-state index in [4.69, 9.17) is 4.98 Å². The van der Waals surface area contributed by atoms with Crippen LogP contribution in [-0.4, -0.2) is 58.8 Å². The van der Waals surface area contributed by atoms with Crippen molar-refractivity contribution in [3.05, 3.63) is 58.1 Å². The number of carboxylic acid groups (broad SMARTS) is 1. The third-order valence-corrected chi connectivity index (χ3v) is 8.65. The van der Waals surface area contributed by atoms with Crippen molar-refractivity contribution in [3.63, 3.8) is 0 Å². The van der Waals surface area contributed by atoms with Gasteiger partial charge in [0.2, 0.25) is 0 Å². The minimum absolute atomic E-state index is 0.118. The van der Waals surface area contributed by atoms with Crippen molar-refractivity contribution in [2.24, 2.45) is 5.41 Å². The number of hydrogen-bond donors (Lipinski definition) is 1. The molecule has 2 aromatic heterocycles. The molecule has 0 saturated carbocycles. The van der Waals surface area contributed by atoms with E-state index in [0.29, 0.717) is 61.7 Å². The number of aryl methyl sites for hydroxylation is 1. The van der Waals surface area contributed by atoms with E-state index in [1.54, 1.807) is 29.5 Å². The molecule has 1 N–H and O–H groups in total. The van der Waals surface area contributed by atoms with Gasteiger partial charge < -0.3 is 19.8 Å². The van der Waals surface area contributed by atoms with Gasteiger partial charge in [-0.25, -0.2) is 19.2 Å². The number of rotatable bonds is 3. The first kappa shape index (κ1) is 22.7. The van der Waals surface area contributed by atoms with E-state index in [2.05, 4.69) is 20.9 Å². The van der Waals surface area contributed by atoms with Crippen LogP contribution in [0.4, 0.5) is 20.0 Å². The molecule has 36 heavy (non-hydrogen) atoms. The first-order valence-electron chi connectivity index (χ1n) is 12.0. The topological polar surface area (TPSA) is 96.6 Å². The molecule has 6 rings (SSSR count). The predicted molar refractivity (Wildman–Crippen MR) is 135 cm³/mol. The zero-order valence-electron chi connectivity index (χ0n) is 19.9. The molecule has 0 atom stereocenters. The first-order valence-corrected chi connectivity index (χ1v) is 12.9. The summed E-state index contributed by atoms with van der Waals surface area (Å²) in [7, 11) is 0. The van der Waals surface area contributed by atoms with E-state index in [-0.39, 0.29) is 11.2 Å². The Morgan fingerprint density at radius 3 is 2.72 bits per heavy atom. The molecule has 8 nitrogen and oxygen atoms in total. The van der Waals surface area contributed by atoms with Crippen molar-refractivity contribution >= 4 is 28.2 Å². The fraction of sp³-hybridized carbons (Fsp3) is 0.385. The summed E-state index contributed by atoms with van der Waals surface area (Å²) in [4.78, 5) is 26.5. The number of pyridine rings is 1. The molecule has 0 bridgehead atoms. The Balaban J connectivity index is 1.44. The number of nitriles is 1. The second kappa shape index (κ2) is 8.45. The second-order valence-electron chi connectivity index (χ2n) is 9.93. The predicted octanol–water partition coefficient (Wildman–Crippen LogP) is 4.28. The van der Waals surface area contributed by atoms with Crippen molar-refractivity contribution in [3.8, 4) is 17.2 Å². The van der Waals surface area contributed by atoms with Crippen molar-refractivity contribution in [2.45, 2.75) is 26.3 Å². The fourth-order valence-corrected chi connectivity index (χ4v) is 6.74. The van der Waals surface area contributed by atoms with E-state index in [1.165, 1.54) is 11.0 Å². The minimum atomic E-state index is -0.899. The SMILES string of the molecule is Cc1ncsc1N1CCc2c(nc(N3CCC4(CN(C(=O)O)C4)C3)c(C#N)c2-c2ccccc2F)C1. The Labute approximate surface area is 212 Å². The number of aromatic nitrogens is 2. The van der Waals surface area contributed by atoms with Crippen LogP contribution in [0.25, 0.3) is 11.1 Å². The summed E-state index contributed by atoms with van der Waals surface area (Å²) in [6, 6.07) is 8.97. The van der Waals surface area contributed by atoms with E-state index in [1.807, 2.05) is 12.4 Å². The normalized spacial score (nSPS) is 18.2. The summed E-state index contributed by atoms with van der Waals surface area (Å²) in [5, 5.41) is 20.7. The van der Waals surface area contributed by atoms with E-state index in [0.717, 1.165) is 34.9 Å². The van der Waals surface area contributed by atoms with Gasteiger partial charge in [-0.05, 0) is 31.4 Å². The van der Waals surface area contributed by atoms with Gasteiger partial charge in [-0.1, -0.05) is 18.2 Å². The highest BCUT2D eigenvalue weighted by molar-refractivity contribution is 7.14. The minimum Gasteiger partial charge on any atom is -0.465 e. The summed E-state index contributed by atoms with van der Waals surface area (Å²) in [6.07, 6.45) is 0.584. The Bertz CT molecular complexity index is 1410. The maximum absolute atomic E-state index is 15.1. The molecule has 3 aliphatic rings. The molecule has 2 saturated heterocycles. The number of halogens is 1. The molecule has 5 heterocycles. The van der Waals surface area contributed by atoms with Crippen molar-refractivity contribution < 1.29 is 14.3 Å². The maximum atomic E-state index is 15.1. The van der Waals surface area contributed by atoms with Gasteiger partial charge in [0.25, 0.3) is 0 Å². The number of likely N-dealkylation sites (tertiary alicyclic amines) is 1. The molecule has 10 heteroatoms.